The Labute approximate surface area is 104 Å². The first-order chi connectivity index (χ1) is 8.10. The number of hydrogen-bond acceptors (Lipinski definition) is 3. The highest BCUT2D eigenvalue weighted by Gasteiger charge is 2.35. The van der Waals surface area contributed by atoms with E-state index in [2.05, 4.69) is 18.3 Å². The average Bonchev–Trinajstić information content (AvgIpc) is 2.32. The van der Waals surface area contributed by atoms with Crippen LogP contribution in [0.5, 0.6) is 0 Å². The van der Waals surface area contributed by atoms with E-state index >= 15 is 0 Å². The zero-order valence-electron chi connectivity index (χ0n) is 11.4. The summed E-state index contributed by atoms with van der Waals surface area (Å²) in [5.41, 5.74) is -0.889. The topological polar surface area (TPSA) is 62.1 Å². The molecule has 0 rings (SSSR count). The number of rotatable bonds is 8. The number of nitrogens with one attached hydrogen (secondary N) is 1. The van der Waals surface area contributed by atoms with E-state index in [0.29, 0.717) is 19.4 Å². The Balaban J connectivity index is 4.62. The molecule has 0 aromatic heterocycles. The molecule has 0 aliphatic rings. The summed E-state index contributed by atoms with van der Waals surface area (Å²) in [7, 11) is 1.62. The SMILES string of the molecule is CCCC(COC)NC(=O)C(C#N)(CC)CC. The van der Waals surface area contributed by atoms with Gasteiger partial charge in [-0.1, -0.05) is 27.2 Å². The van der Waals surface area contributed by atoms with Crippen LogP contribution in [0, 0.1) is 16.7 Å². The van der Waals surface area contributed by atoms with E-state index in [4.69, 9.17) is 4.74 Å². The number of amides is 1. The molecule has 4 heteroatoms. The number of carbonyl (C=O) groups is 1. The van der Waals surface area contributed by atoms with Crippen LogP contribution < -0.4 is 5.32 Å². The fourth-order valence-corrected chi connectivity index (χ4v) is 1.85. The summed E-state index contributed by atoms with van der Waals surface area (Å²) < 4.78 is 5.07. The third-order valence-corrected chi connectivity index (χ3v) is 3.20. The van der Waals surface area contributed by atoms with Crippen molar-refractivity contribution in [3.63, 3.8) is 0 Å². The first kappa shape index (κ1) is 15.9. The molecule has 0 saturated heterocycles. The Morgan fingerprint density at radius 1 is 1.41 bits per heavy atom. The molecular weight excluding hydrogens is 216 g/mol. The molecule has 98 valence electrons. The second-order valence-electron chi connectivity index (χ2n) is 4.32. The number of hydrogen-bond donors (Lipinski definition) is 1. The van der Waals surface area contributed by atoms with Gasteiger partial charge >= 0.3 is 0 Å². The minimum absolute atomic E-state index is 0.00308. The third-order valence-electron chi connectivity index (χ3n) is 3.20. The molecule has 1 atom stereocenters. The monoisotopic (exact) mass is 240 g/mol. The number of nitrogens with zero attached hydrogens (tertiary/aromatic N) is 1. The Bertz CT molecular complexity index is 261. The predicted molar refractivity (Wildman–Crippen MR) is 67.3 cm³/mol. The second kappa shape index (κ2) is 8.08. The fourth-order valence-electron chi connectivity index (χ4n) is 1.85. The summed E-state index contributed by atoms with van der Waals surface area (Å²) in [5, 5.41) is 12.1. The Morgan fingerprint density at radius 3 is 2.35 bits per heavy atom. The van der Waals surface area contributed by atoms with Crippen molar-refractivity contribution >= 4 is 5.91 Å². The van der Waals surface area contributed by atoms with Crippen LogP contribution in [0.3, 0.4) is 0 Å². The molecule has 1 amide bonds. The van der Waals surface area contributed by atoms with E-state index in [1.807, 2.05) is 13.8 Å². The molecule has 17 heavy (non-hydrogen) atoms. The molecule has 0 aliphatic heterocycles. The maximum absolute atomic E-state index is 12.1. The first-order valence-corrected chi connectivity index (χ1v) is 6.31. The van der Waals surface area contributed by atoms with Crippen molar-refractivity contribution in [3.8, 4) is 6.07 Å². The van der Waals surface area contributed by atoms with Crippen LogP contribution in [0.25, 0.3) is 0 Å². The summed E-state index contributed by atoms with van der Waals surface area (Å²) in [6, 6.07) is 2.15. The summed E-state index contributed by atoms with van der Waals surface area (Å²) in [4.78, 5) is 12.1. The van der Waals surface area contributed by atoms with Gasteiger partial charge in [-0.2, -0.15) is 5.26 Å². The number of methoxy groups -OCH3 is 1. The largest absolute Gasteiger partial charge is 0.383 e. The number of ether oxygens (including phenoxy) is 1. The van der Waals surface area contributed by atoms with Crippen LogP contribution in [0.4, 0.5) is 0 Å². The molecule has 4 nitrogen and oxygen atoms in total. The molecule has 0 aromatic rings. The van der Waals surface area contributed by atoms with Crippen LogP contribution in [0.15, 0.2) is 0 Å². The van der Waals surface area contributed by atoms with Crippen LogP contribution in [-0.4, -0.2) is 25.7 Å². The molecule has 0 fully saturated rings. The molecule has 0 bridgehead atoms. The lowest BCUT2D eigenvalue weighted by Gasteiger charge is -2.26. The highest BCUT2D eigenvalue weighted by Crippen LogP contribution is 2.25. The van der Waals surface area contributed by atoms with Crippen molar-refractivity contribution < 1.29 is 9.53 Å². The van der Waals surface area contributed by atoms with Gasteiger partial charge in [-0.05, 0) is 19.3 Å². The third kappa shape index (κ3) is 4.35. The smallest absolute Gasteiger partial charge is 0.240 e. The van der Waals surface area contributed by atoms with Crippen molar-refractivity contribution in [2.75, 3.05) is 13.7 Å². The maximum atomic E-state index is 12.1. The molecule has 0 saturated carbocycles. The van der Waals surface area contributed by atoms with Crippen molar-refractivity contribution in [2.24, 2.45) is 5.41 Å². The van der Waals surface area contributed by atoms with E-state index in [1.165, 1.54) is 0 Å². The summed E-state index contributed by atoms with van der Waals surface area (Å²) >= 11 is 0. The van der Waals surface area contributed by atoms with Crippen molar-refractivity contribution in [3.05, 3.63) is 0 Å². The van der Waals surface area contributed by atoms with Gasteiger partial charge < -0.3 is 10.1 Å². The minimum atomic E-state index is -0.889. The Kier molecular flexibility index (Phi) is 7.56. The van der Waals surface area contributed by atoms with Crippen LogP contribution in [0.2, 0.25) is 0 Å². The Morgan fingerprint density at radius 2 is 2.00 bits per heavy atom. The second-order valence-corrected chi connectivity index (χ2v) is 4.32. The molecule has 0 aromatic carbocycles. The molecule has 0 spiro atoms. The van der Waals surface area contributed by atoms with Crippen LogP contribution >= 0.6 is 0 Å². The quantitative estimate of drug-likeness (QED) is 0.707. The van der Waals surface area contributed by atoms with Gasteiger partial charge in [0.25, 0.3) is 0 Å². The van der Waals surface area contributed by atoms with Crippen molar-refractivity contribution in [1.82, 2.24) is 5.32 Å². The van der Waals surface area contributed by atoms with Gasteiger partial charge in [0.2, 0.25) is 5.91 Å². The van der Waals surface area contributed by atoms with E-state index in [0.717, 1.165) is 12.8 Å². The lowest BCUT2D eigenvalue weighted by molar-refractivity contribution is -0.129. The van der Waals surface area contributed by atoms with Gasteiger partial charge in [-0.25, -0.2) is 0 Å². The summed E-state index contributed by atoms with van der Waals surface area (Å²) in [6.07, 6.45) is 2.93. The highest BCUT2D eigenvalue weighted by molar-refractivity contribution is 5.85. The molecule has 0 heterocycles. The first-order valence-electron chi connectivity index (χ1n) is 6.31. The van der Waals surface area contributed by atoms with E-state index < -0.39 is 5.41 Å². The standard InChI is InChI=1S/C13H24N2O2/c1-5-8-11(9-17-4)15-12(16)13(6-2,7-3)10-14/h11H,5-9H2,1-4H3,(H,15,16). The molecular formula is C13H24N2O2. The van der Waals surface area contributed by atoms with Crippen molar-refractivity contribution in [2.45, 2.75) is 52.5 Å². The van der Waals surface area contributed by atoms with E-state index in [9.17, 15) is 10.1 Å². The van der Waals surface area contributed by atoms with Gasteiger partial charge in [0.05, 0.1) is 18.7 Å². The van der Waals surface area contributed by atoms with E-state index in [1.54, 1.807) is 7.11 Å². The van der Waals surface area contributed by atoms with Gasteiger partial charge in [-0.3, -0.25) is 4.79 Å². The zero-order chi connectivity index (χ0) is 13.3. The lowest BCUT2D eigenvalue weighted by atomic mass is 9.83. The van der Waals surface area contributed by atoms with Gasteiger partial charge in [0.1, 0.15) is 5.41 Å². The number of nitriles is 1. The Hall–Kier alpha value is -1.08. The lowest BCUT2D eigenvalue weighted by Crippen LogP contribution is -2.46. The maximum Gasteiger partial charge on any atom is 0.240 e. The van der Waals surface area contributed by atoms with E-state index in [-0.39, 0.29) is 11.9 Å². The highest BCUT2D eigenvalue weighted by atomic mass is 16.5. The molecule has 0 aliphatic carbocycles. The minimum Gasteiger partial charge on any atom is -0.383 e. The summed E-state index contributed by atoms with van der Waals surface area (Å²) in [6.45, 7) is 6.30. The fraction of sp³-hybridized carbons (Fsp3) is 0.846. The molecule has 0 radical (unpaired) electrons. The van der Waals surface area contributed by atoms with Gasteiger partial charge in [-0.15, -0.1) is 0 Å². The molecule has 1 N–H and O–H groups in total. The van der Waals surface area contributed by atoms with Crippen molar-refractivity contribution in [1.29, 1.82) is 5.26 Å². The predicted octanol–water partition coefficient (Wildman–Crippen LogP) is 2.25. The average molecular weight is 240 g/mol. The van der Waals surface area contributed by atoms with Gasteiger partial charge in [0, 0.05) is 7.11 Å². The molecule has 1 unspecified atom stereocenters. The zero-order valence-corrected chi connectivity index (χ0v) is 11.4. The van der Waals surface area contributed by atoms with Crippen LogP contribution in [0.1, 0.15) is 46.5 Å². The normalized spacial score (nSPS) is 12.9. The van der Waals surface area contributed by atoms with Crippen LogP contribution in [-0.2, 0) is 9.53 Å². The summed E-state index contributed by atoms with van der Waals surface area (Å²) in [5.74, 6) is -0.166. The number of carbonyl (C=O) groups excluding carboxylic acids is 1. The van der Waals surface area contributed by atoms with Gasteiger partial charge in [0.15, 0.2) is 0 Å².